The highest BCUT2D eigenvalue weighted by Crippen LogP contribution is 2.37. The number of ether oxygens (including phenoxy) is 1. The number of hydrogen-bond donors (Lipinski definition) is 1. The van der Waals surface area contributed by atoms with Crippen LogP contribution in [0, 0.1) is 0 Å². The van der Waals surface area contributed by atoms with E-state index >= 15 is 0 Å². The van der Waals surface area contributed by atoms with Crippen LogP contribution >= 0.6 is 39.1 Å². The fraction of sp³-hybridized carbons (Fsp3) is 0.250. The van der Waals surface area contributed by atoms with Gasteiger partial charge in [0.2, 0.25) is 0 Å². The molecule has 0 spiro atoms. The first kappa shape index (κ1) is 15.2. The standard InChI is InChI=1S/C16H14BrCl2NO/c17-11-4-7-13(18)15(8-11)21-16-10(2-1-3-14(16)19)9-20-12-5-6-12/h1-4,7-8,12,20H,5-6,9H2. The molecule has 110 valence electrons. The molecule has 2 aromatic carbocycles. The monoisotopic (exact) mass is 385 g/mol. The number of rotatable bonds is 5. The molecule has 0 aromatic heterocycles. The number of halogens is 3. The van der Waals surface area contributed by atoms with Crippen LogP contribution < -0.4 is 10.1 Å². The topological polar surface area (TPSA) is 21.3 Å². The molecule has 1 N–H and O–H groups in total. The van der Waals surface area contributed by atoms with Crippen LogP contribution in [-0.2, 0) is 6.54 Å². The third-order valence-electron chi connectivity index (χ3n) is 3.31. The van der Waals surface area contributed by atoms with Gasteiger partial charge in [0.15, 0.2) is 5.75 Å². The van der Waals surface area contributed by atoms with E-state index in [0.717, 1.165) is 16.6 Å². The maximum absolute atomic E-state index is 6.29. The van der Waals surface area contributed by atoms with Crippen molar-refractivity contribution in [3.8, 4) is 11.5 Å². The zero-order chi connectivity index (χ0) is 14.8. The van der Waals surface area contributed by atoms with Gasteiger partial charge in [-0.3, -0.25) is 0 Å². The van der Waals surface area contributed by atoms with Gasteiger partial charge in [0.05, 0.1) is 10.0 Å². The van der Waals surface area contributed by atoms with Crippen molar-refractivity contribution >= 4 is 39.1 Å². The summed E-state index contributed by atoms with van der Waals surface area (Å²) in [5, 5.41) is 4.61. The fourth-order valence-electron chi connectivity index (χ4n) is 2.01. The minimum absolute atomic E-state index is 0.555. The third kappa shape index (κ3) is 3.92. The van der Waals surface area contributed by atoms with Gasteiger partial charge in [-0.25, -0.2) is 0 Å². The van der Waals surface area contributed by atoms with Crippen molar-refractivity contribution in [3.63, 3.8) is 0 Å². The van der Waals surface area contributed by atoms with Crippen molar-refractivity contribution in [3.05, 3.63) is 56.5 Å². The molecule has 0 unspecified atom stereocenters. The van der Waals surface area contributed by atoms with Crippen molar-refractivity contribution in [2.75, 3.05) is 0 Å². The van der Waals surface area contributed by atoms with Gasteiger partial charge < -0.3 is 10.1 Å². The minimum atomic E-state index is 0.555. The van der Waals surface area contributed by atoms with Gasteiger partial charge in [0.1, 0.15) is 5.75 Å². The summed E-state index contributed by atoms with van der Waals surface area (Å²) in [5.41, 5.74) is 1.03. The quantitative estimate of drug-likeness (QED) is 0.700. The summed E-state index contributed by atoms with van der Waals surface area (Å²) >= 11 is 15.9. The first-order valence-corrected chi connectivity index (χ1v) is 8.32. The van der Waals surface area contributed by atoms with Gasteiger partial charge in [0, 0.05) is 22.6 Å². The second kappa shape index (κ2) is 6.57. The highest BCUT2D eigenvalue weighted by Gasteiger charge is 2.21. The lowest BCUT2D eigenvalue weighted by Crippen LogP contribution is -2.15. The first-order chi connectivity index (χ1) is 10.1. The molecule has 21 heavy (non-hydrogen) atoms. The van der Waals surface area contributed by atoms with E-state index in [1.807, 2.05) is 30.3 Å². The van der Waals surface area contributed by atoms with Crippen LogP contribution in [0.25, 0.3) is 0 Å². The second-order valence-electron chi connectivity index (χ2n) is 5.06. The smallest absolute Gasteiger partial charge is 0.150 e. The number of benzene rings is 2. The molecule has 1 fully saturated rings. The molecular weight excluding hydrogens is 373 g/mol. The largest absolute Gasteiger partial charge is 0.454 e. The van der Waals surface area contributed by atoms with Crippen LogP contribution in [0.4, 0.5) is 0 Å². The molecule has 2 nitrogen and oxygen atoms in total. The average molecular weight is 387 g/mol. The Morgan fingerprint density at radius 3 is 2.71 bits per heavy atom. The maximum Gasteiger partial charge on any atom is 0.150 e. The van der Waals surface area contributed by atoms with E-state index in [4.69, 9.17) is 27.9 Å². The van der Waals surface area contributed by atoms with E-state index in [-0.39, 0.29) is 0 Å². The van der Waals surface area contributed by atoms with Gasteiger partial charge in [-0.1, -0.05) is 51.3 Å². The molecule has 0 heterocycles. The zero-order valence-corrected chi connectivity index (χ0v) is 14.3. The van der Waals surface area contributed by atoms with E-state index in [1.54, 1.807) is 6.07 Å². The summed E-state index contributed by atoms with van der Waals surface area (Å²) in [4.78, 5) is 0. The van der Waals surface area contributed by atoms with Crippen molar-refractivity contribution in [1.82, 2.24) is 5.32 Å². The van der Waals surface area contributed by atoms with E-state index in [9.17, 15) is 0 Å². The molecule has 5 heteroatoms. The fourth-order valence-corrected chi connectivity index (χ4v) is 2.74. The minimum Gasteiger partial charge on any atom is -0.454 e. The summed E-state index contributed by atoms with van der Waals surface area (Å²) in [6, 6.07) is 11.9. The molecule has 0 aliphatic heterocycles. The molecule has 1 saturated carbocycles. The number of hydrogen-bond acceptors (Lipinski definition) is 2. The second-order valence-corrected chi connectivity index (χ2v) is 6.79. The summed E-state index contributed by atoms with van der Waals surface area (Å²) in [6.45, 7) is 0.742. The summed E-state index contributed by atoms with van der Waals surface area (Å²) in [7, 11) is 0. The van der Waals surface area contributed by atoms with Gasteiger partial charge in [-0.15, -0.1) is 0 Å². The van der Waals surface area contributed by atoms with Crippen LogP contribution in [0.15, 0.2) is 40.9 Å². The predicted molar refractivity (Wildman–Crippen MR) is 90.5 cm³/mol. The summed E-state index contributed by atoms with van der Waals surface area (Å²) in [6.07, 6.45) is 2.49. The molecule has 2 aromatic rings. The molecule has 0 atom stereocenters. The Labute approximate surface area is 142 Å². The lowest BCUT2D eigenvalue weighted by Gasteiger charge is -2.14. The zero-order valence-electron chi connectivity index (χ0n) is 11.2. The number of nitrogens with one attached hydrogen (secondary N) is 1. The highest BCUT2D eigenvalue weighted by molar-refractivity contribution is 9.10. The van der Waals surface area contributed by atoms with Crippen molar-refractivity contribution in [1.29, 1.82) is 0 Å². The van der Waals surface area contributed by atoms with Crippen LogP contribution in [0.5, 0.6) is 11.5 Å². The Kier molecular flexibility index (Phi) is 4.75. The molecule has 0 bridgehead atoms. The van der Waals surface area contributed by atoms with Gasteiger partial charge in [0.25, 0.3) is 0 Å². The van der Waals surface area contributed by atoms with Crippen LogP contribution in [-0.4, -0.2) is 6.04 Å². The normalized spacial score (nSPS) is 14.2. The molecular formula is C16H14BrCl2NO. The molecule has 0 amide bonds. The Bertz CT molecular complexity index is 659. The van der Waals surface area contributed by atoms with E-state index < -0.39 is 0 Å². The van der Waals surface area contributed by atoms with Crippen molar-refractivity contribution in [2.45, 2.75) is 25.4 Å². The lowest BCUT2D eigenvalue weighted by atomic mass is 10.2. The Balaban J connectivity index is 1.87. The Morgan fingerprint density at radius 1 is 1.14 bits per heavy atom. The van der Waals surface area contributed by atoms with Crippen LogP contribution in [0.2, 0.25) is 10.0 Å². The maximum atomic E-state index is 6.29. The Hall–Kier alpha value is -0.740. The molecule has 0 radical (unpaired) electrons. The van der Waals surface area contributed by atoms with Gasteiger partial charge >= 0.3 is 0 Å². The first-order valence-electron chi connectivity index (χ1n) is 6.77. The molecule has 0 saturated heterocycles. The molecule has 1 aliphatic carbocycles. The van der Waals surface area contributed by atoms with Crippen LogP contribution in [0.3, 0.4) is 0 Å². The highest BCUT2D eigenvalue weighted by atomic mass is 79.9. The van der Waals surface area contributed by atoms with Gasteiger partial charge in [-0.05, 0) is 37.1 Å². The third-order valence-corrected chi connectivity index (χ3v) is 4.42. The molecule has 1 aliphatic rings. The van der Waals surface area contributed by atoms with E-state index in [1.165, 1.54) is 12.8 Å². The summed E-state index contributed by atoms with van der Waals surface area (Å²) in [5.74, 6) is 1.25. The Morgan fingerprint density at radius 2 is 1.95 bits per heavy atom. The van der Waals surface area contributed by atoms with Crippen molar-refractivity contribution < 1.29 is 4.74 Å². The molecule has 3 rings (SSSR count). The average Bonchev–Trinajstić information content (AvgIpc) is 3.27. The van der Waals surface area contributed by atoms with Gasteiger partial charge in [-0.2, -0.15) is 0 Å². The predicted octanol–water partition coefficient (Wildman–Crippen LogP) is 5.80. The SMILES string of the molecule is Clc1ccc(Br)cc1Oc1c(Cl)cccc1CNC1CC1. The van der Waals surface area contributed by atoms with E-state index in [2.05, 4.69) is 21.2 Å². The lowest BCUT2D eigenvalue weighted by molar-refractivity contribution is 0.472. The number of para-hydroxylation sites is 1. The van der Waals surface area contributed by atoms with Crippen molar-refractivity contribution in [2.24, 2.45) is 0 Å². The van der Waals surface area contributed by atoms with E-state index in [0.29, 0.717) is 27.6 Å². The van der Waals surface area contributed by atoms with Crippen LogP contribution in [0.1, 0.15) is 18.4 Å². The summed E-state index contributed by atoms with van der Waals surface area (Å²) < 4.78 is 6.88.